The van der Waals surface area contributed by atoms with Gasteiger partial charge in [0.15, 0.2) is 11.5 Å². The van der Waals surface area contributed by atoms with Crippen LogP contribution >= 0.6 is 0 Å². The summed E-state index contributed by atoms with van der Waals surface area (Å²) in [5.41, 5.74) is 7.60. The second-order valence-electron chi connectivity index (χ2n) is 10.1. The van der Waals surface area contributed by atoms with Crippen molar-refractivity contribution in [1.82, 2.24) is 19.9 Å². The molecular weight excluding hydrogens is 490 g/mol. The number of aryl methyl sites for hydroxylation is 1. The lowest BCUT2D eigenvalue weighted by Crippen LogP contribution is -2.33. The van der Waals surface area contributed by atoms with Gasteiger partial charge >= 0.3 is 0 Å². The van der Waals surface area contributed by atoms with Crippen LogP contribution in [-0.4, -0.2) is 64.1 Å². The number of aromatic nitrogens is 3. The summed E-state index contributed by atoms with van der Waals surface area (Å²) >= 11 is 0. The van der Waals surface area contributed by atoms with Crippen LogP contribution in [0, 0.1) is 0 Å². The Balaban J connectivity index is 1.31. The normalized spacial score (nSPS) is 16.4. The number of H-pyrrole nitrogens is 1. The smallest absolute Gasteiger partial charge is 0.161 e. The first-order chi connectivity index (χ1) is 19.2. The number of hydrogen-bond acceptors (Lipinski definition) is 7. The van der Waals surface area contributed by atoms with Crippen molar-refractivity contribution in [2.24, 2.45) is 5.16 Å². The summed E-state index contributed by atoms with van der Waals surface area (Å²) in [5, 5.41) is 12.8. The zero-order chi connectivity index (χ0) is 26.6. The molecule has 1 fully saturated rings. The number of oxime groups is 1. The maximum absolute atomic E-state index is 9.33. The van der Waals surface area contributed by atoms with Crippen LogP contribution < -0.4 is 9.47 Å². The van der Waals surface area contributed by atoms with E-state index >= 15 is 0 Å². The van der Waals surface area contributed by atoms with Crippen LogP contribution in [0.3, 0.4) is 0 Å². The second kappa shape index (κ2) is 11.3. The van der Waals surface area contributed by atoms with E-state index in [0.29, 0.717) is 12.4 Å². The maximum atomic E-state index is 9.33. The number of methoxy groups -OCH3 is 1. The summed E-state index contributed by atoms with van der Waals surface area (Å²) in [6, 6.07) is 16.1. The molecule has 0 amide bonds. The zero-order valence-corrected chi connectivity index (χ0v) is 22.2. The molecule has 2 N–H and O–H groups in total. The second-order valence-corrected chi connectivity index (χ2v) is 10.1. The number of ether oxygens (including phenoxy) is 2. The van der Waals surface area contributed by atoms with E-state index in [1.807, 2.05) is 42.5 Å². The Morgan fingerprint density at radius 2 is 1.74 bits per heavy atom. The molecule has 200 valence electrons. The van der Waals surface area contributed by atoms with Gasteiger partial charge in [0.2, 0.25) is 0 Å². The molecule has 4 aromatic rings. The summed E-state index contributed by atoms with van der Waals surface area (Å²) < 4.78 is 11.8. The monoisotopic (exact) mass is 523 g/mol. The fourth-order valence-electron chi connectivity index (χ4n) is 5.57. The predicted octanol–water partition coefficient (Wildman–Crippen LogP) is 5.80. The van der Waals surface area contributed by atoms with Crippen molar-refractivity contribution < 1.29 is 14.7 Å². The molecule has 3 heterocycles. The van der Waals surface area contributed by atoms with Gasteiger partial charge in [-0.1, -0.05) is 23.7 Å². The summed E-state index contributed by atoms with van der Waals surface area (Å²) in [5.74, 6) is 2.16. The number of hydrogen-bond donors (Lipinski definition) is 2. The predicted molar refractivity (Wildman–Crippen MR) is 152 cm³/mol. The van der Waals surface area contributed by atoms with Crippen LogP contribution in [0.2, 0.25) is 0 Å². The fourth-order valence-corrected chi connectivity index (χ4v) is 5.57. The van der Waals surface area contributed by atoms with Crippen molar-refractivity contribution in [2.75, 3.05) is 33.4 Å². The molecule has 8 nitrogen and oxygen atoms in total. The highest BCUT2D eigenvalue weighted by Gasteiger charge is 2.22. The molecule has 8 heteroatoms. The lowest BCUT2D eigenvalue weighted by Gasteiger charge is -2.26. The van der Waals surface area contributed by atoms with Gasteiger partial charge in [-0.2, -0.15) is 0 Å². The van der Waals surface area contributed by atoms with Gasteiger partial charge < -0.3 is 19.7 Å². The van der Waals surface area contributed by atoms with Crippen LogP contribution in [0.4, 0.5) is 0 Å². The Morgan fingerprint density at radius 1 is 0.923 bits per heavy atom. The highest BCUT2D eigenvalue weighted by atomic mass is 16.5. The lowest BCUT2D eigenvalue weighted by molar-refractivity contribution is 0.180. The van der Waals surface area contributed by atoms with Gasteiger partial charge in [-0.3, -0.25) is 9.88 Å². The van der Waals surface area contributed by atoms with E-state index in [9.17, 15) is 5.21 Å². The molecule has 6 rings (SSSR count). The number of nitrogens with one attached hydrogen (secondary N) is 1. The fraction of sp³-hybridized carbons (Fsp3) is 0.323. The first kappa shape index (κ1) is 25.1. The number of fused-ring (bicyclic) bond motifs is 1. The third-order valence-electron chi connectivity index (χ3n) is 7.67. The van der Waals surface area contributed by atoms with Gasteiger partial charge in [-0.15, -0.1) is 0 Å². The van der Waals surface area contributed by atoms with Gasteiger partial charge in [0.1, 0.15) is 12.4 Å². The van der Waals surface area contributed by atoms with Gasteiger partial charge in [0.05, 0.1) is 24.2 Å². The number of likely N-dealkylation sites (tertiary alicyclic amines) is 1. The zero-order valence-electron chi connectivity index (χ0n) is 22.2. The minimum atomic E-state index is 0.633. The highest BCUT2D eigenvalue weighted by molar-refractivity contribution is 6.04. The Morgan fingerprint density at radius 3 is 2.54 bits per heavy atom. The number of imidazole rings is 1. The van der Waals surface area contributed by atoms with Gasteiger partial charge in [0.25, 0.3) is 0 Å². The number of rotatable bonds is 8. The quantitative estimate of drug-likeness (QED) is 0.224. The summed E-state index contributed by atoms with van der Waals surface area (Å²) in [4.78, 5) is 15.3. The average molecular weight is 524 g/mol. The topological polar surface area (TPSA) is 95.9 Å². The molecule has 0 radical (unpaired) electrons. The van der Waals surface area contributed by atoms with Crippen LogP contribution in [0.25, 0.3) is 33.9 Å². The minimum Gasteiger partial charge on any atom is -0.493 e. The SMILES string of the molecule is COc1cc(-c2nc(-c3ccc4c(c3)CC/C4=N\O)c(-c3ccncc3)[nH]2)ccc1OCCN1CCCCC1. The molecule has 0 bridgehead atoms. The van der Waals surface area contributed by atoms with Crippen LogP contribution in [0.15, 0.2) is 66.1 Å². The Labute approximate surface area is 228 Å². The standard InChI is InChI=1S/C31H33N5O3/c1-38-28-20-24(7-10-27(28)39-18-17-36-15-3-2-4-16-36)31-33-29(21-11-13-32-14-12-21)30(34-31)23-5-8-25-22(19-23)6-9-26(25)35-37/h5,7-8,10-14,19-20,37H,2-4,6,9,15-18H2,1H3,(H,33,34)/b35-26+. The van der Waals surface area contributed by atoms with Crippen LogP contribution in [0.1, 0.15) is 36.8 Å². The molecule has 1 saturated heterocycles. The van der Waals surface area contributed by atoms with E-state index in [4.69, 9.17) is 14.5 Å². The Hall–Kier alpha value is -4.17. The van der Waals surface area contributed by atoms with Crippen molar-refractivity contribution in [3.05, 3.63) is 72.1 Å². The minimum absolute atomic E-state index is 0.633. The Kier molecular flexibility index (Phi) is 7.27. The molecule has 0 unspecified atom stereocenters. The van der Waals surface area contributed by atoms with E-state index in [1.54, 1.807) is 19.5 Å². The van der Waals surface area contributed by atoms with E-state index in [2.05, 4.69) is 26.1 Å². The van der Waals surface area contributed by atoms with Gasteiger partial charge in [-0.25, -0.2) is 4.98 Å². The summed E-state index contributed by atoms with van der Waals surface area (Å²) in [7, 11) is 1.67. The molecule has 1 aliphatic heterocycles. The first-order valence-corrected chi connectivity index (χ1v) is 13.6. The van der Waals surface area contributed by atoms with Gasteiger partial charge in [-0.05, 0) is 80.7 Å². The van der Waals surface area contributed by atoms with Crippen molar-refractivity contribution >= 4 is 5.71 Å². The highest BCUT2D eigenvalue weighted by Crippen LogP contribution is 2.37. The molecule has 39 heavy (non-hydrogen) atoms. The largest absolute Gasteiger partial charge is 0.493 e. The van der Waals surface area contributed by atoms with Crippen molar-refractivity contribution in [3.8, 4) is 45.4 Å². The van der Waals surface area contributed by atoms with Gasteiger partial charge in [0, 0.05) is 41.2 Å². The number of aromatic amines is 1. The van der Waals surface area contributed by atoms with E-state index in [-0.39, 0.29) is 0 Å². The molecule has 0 atom stereocenters. The van der Waals surface area contributed by atoms with E-state index in [0.717, 1.165) is 83.4 Å². The number of benzene rings is 2. The van der Waals surface area contributed by atoms with E-state index in [1.165, 1.54) is 24.8 Å². The van der Waals surface area contributed by atoms with Crippen molar-refractivity contribution in [2.45, 2.75) is 32.1 Å². The van der Waals surface area contributed by atoms with Crippen molar-refractivity contribution in [1.29, 1.82) is 0 Å². The lowest BCUT2D eigenvalue weighted by atomic mass is 10.0. The number of pyridine rings is 1. The third-order valence-corrected chi connectivity index (χ3v) is 7.67. The molecule has 2 aromatic carbocycles. The van der Waals surface area contributed by atoms with Crippen LogP contribution in [0.5, 0.6) is 11.5 Å². The van der Waals surface area contributed by atoms with Crippen molar-refractivity contribution in [3.63, 3.8) is 0 Å². The number of piperidine rings is 1. The Bertz CT molecular complexity index is 1480. The number of nitrogens with zero attached hydrogens (tertiary/aromatic N) is 4. The maximum Gasteiger partial charge on any atom is 0.161 e. The molecule has 2 aromatic heterocycles. The molecule has 2 aliphatic rings. The first-order valence-electron chi connectivity index (χ1n) is 13.6. The molecule has 0 spiro atoms. The molecule has 0 saturated carbocycles. The van der Waals surface area contributed by atoms with E-state index < -0.39 is 0 Å². The summed E-state index contributed by atoms with van der Waals surface area (Å²) in [6.07, 6.45) is 9.03. The molecular formula is C31H33N5O3. The molecule has 1 aliphatic carbocycles. The van der Waals surface area contributed by atoms with Crippen LogP contribution in [-0.2, 0) is 6.42 Å². The average Bonchev–Trinajstić information content (AvgIpc) is 3.63. The third kappa shape index (κ3) is 5.25. The summed E-state index contributed by atoms with van der Waals surface area (Å²) in [6.45, 7) is 3.86.